The second kappa shape index (κ2) is 6.21. The third kappa shape index (κ3) is 2.77. The lowest BCUT2D eigenvalue weighted by atomic mass is 9.76. The van der Waals surface area contributed by atoms with E-state index in [0.29, 0.717) is 12.6 Å². The minimum absolute atomic E-state index is 0.417. The quantitative estimate of drug-likeness (QED) is 0.927. The van der Waals surface area contributed by atoms with Crippen molar-refractivity contribution >= 4 is 0 Å². The van der Waals surface area contributed by atoms with Gasteiger partial charge in [-0.05, 0) is 43.4 Å². The molecular weight excluding hydrogens is 272 g/mol. The second-order valence-corrected chi connectivity index (χ2v) is 7.37. The molecule has 2 aliphatic carbocycles. The van der Waals surface area contributed by atoms with E-state index in [1.165, 1.54) is 57.1 Å². The van der Waals surface area contributed by atoms with Crippen molar-refractivity contribution in [3.63, 3.8) is 0 Å². The summed E-state index contributed by atoms with van der Waals surface area (Å²) < 4.78 is 6.33. The van der Waals surface area contributed by atoms with Gasteiger partial charge in [0.1, 0.15) is 11.9 Å². The van der Waals surface area contributed by atoms with Gasteiger partial charge < -0.3 is 10.5 Å². The van der Waals surface area contributed by atoms with Crippen molar-refractivity contribution in [3.8, 4) is 5.75 Å². The minimum Gasteiger partial charge on any atom is -0.490 e. The van der Waals surface area contributed by atoms with Gasteiger partial charge >= 0.3 is 0 Å². The molecule has 3 heteroatoms. The summed E-state index contributed by atoms with van der Waals surface area (Å²) in [4.78, 5) is 2.83. The highest BCUT2D eigenvalue weighted by atomic mass is 16.5. The van der Waals surface area contributed by atoms with Crippen LogP contribution in [0.1, 0.15) is 50.5 Å². The molecule has 1 aromatic carbocycles. The number of ether oxygens (including phenoxy) is 1. The number of hydrogen-bond donors (Lipinski definition) is 1. The molecular formula is C19H28N2O. The largest absolute Gasteiger partial charge is 0.490 e. The van der Waals surface area contributed by atoms with E-state index in [1.807, 2.05) is 0 Å². The molecule has 1 aromatic rings. The Labute approximate surface area is 133 Å². The summed E-state index contributed by atoms with van der Waals surface area (Å²) in [5, 5.41) is 0. The lowest BCUT2D eigenvalue weighted by Crippen LogP contribution is -2.58. The number of nitrogens with zero attached hydrogens (tertiary/aromatic N) is 1. The normalized spacial score (nSPS) is 32.5. The van der Waals surface area contributed by atoms with E-state index >= 15 is 0 Å². The van der Waals surface area contributed by atoms with Crippen molar-refractivity contribution in [2.24, 2.45) is 11.7 Å². The SMILES string of the molecule is NCc1ccc(OC2CC3CCC2CN3C2CCCC2)cc1. The van der Waals surface area contributed by atoms with Crippen LogP contribution in [0.5, 0.6) is 5.75 Å². The van der Waals surface area contributed by atoms with Gasteiger partial charge in [0.05, 0.1) is 0 Å². The zero-order valence-electron chi connectivity index (χ0n) is 13.4. The van der Waals surface area contributed by atoms with E-state index in [2.05, 4.69) is 29.2 Å². The van der Waals surface area contributed by atoms with Crippen LogP contribution in [-0.2, 0) is 6.54 Å². The van der Waals surface area contributed by atoms with E-state index in [1.54, 1.807) is 0 Å². The number of benzene rings is 1. The number of fused-ring (bicyclic) bond motifs is 3. The average Bonchev–Trinajstić information content (AvgIpc) is 3.10. The minimum atomic E-state index is 0.417. The van der Waals surface area contributed by atoms with Gasteiger partial charge in [0.2, 0.25) is 0 Å². The van der Waals surface area contributed by atoms with Gasteiger partial charge in [0.15, 0.2) is 0 Å². The Morgan fingerprint density at radius 2 is 1.77 bits per heavy atom. The van der Waals surface area contributed by atoms with Crippen molar-refractivity contribution in [3.05, 3.63) is 29.8 Å². The molecule has 2 N–H and O–H groups in total. The second-order valence-electron chi connectivity index (χ2n) is 7.37. The fourth-order valence-corrected chi connectivity index (χ4v) is 4.81. The van der Waals surface area contributed by atoms with Gasteiger partial charge in [0, 0.05) is 37.5 Å². The Morgan fingerprint density at radius 3 is 2.41 bits per heavy atom. The molecule has 0 aromatic heterocycles. The van der Waals surface area contributed by atoms with E-state index in [9.17, 15) is 0 Å². The summed E-state index contributed by atoms with van der Waals surface area (Å²) in [5.41, 5.74) is 6.83. The molecule has 5 rings (SSSR count). The van der Waals surface area contributed by atoms with Crippen LogP contribution in [0.2, 0.25) is 0 Å². The van der Waals surface area contributed by atoms with Crippen LogP contribution in [0.15, 0.2) is 24.3 Å². The molecule has 2 bridgehead atoms. The van der Waals surface area contributed by atoms with E-state index in [0.717, 1.165) is 23.8 Å². The fraction of sp³-hybridized carbons (Fsp3) is 0.684. The number of piperidine rings is 2. The summed E-state index contributed by atoms with van der Waals surface area (Å²) in [6, 6.07) is 9.97. The monoisotopic (exact) mass is 300 g/mol. The highest BCUT2D eigenvalue weighted by Crippen LogP contribution is 2.41. The van der Waals surface area contributed by atoms with Crippen LogP contribution in [0.3, 0.4) is 0 Å². The van der Waals surface area contributed by atoms with E-state index in [-0.39, 0.29) is 0 Å². The van der Waals surface area contributed by atoms with Crippen molar-refractivity contribution in [1.82, 2.24) is 4.90 Å². The summed E-state index contributed by atoms with van der Waals surface area (Å²) in [7, 11) is 0. The Hall–Kier alpha value is -1.06. The van der Waals surface area contributed by atoms with Crippen LogP contribution in [-0.4, -0.2) is 29.6 Å². The van der Waals surface area contributed by atoms with Crippen molar-refractivity contribution in [2.75, 3.05) is 6.54 Å². The topological polar surface area (TPSA) is 38.5 Å². The van der Waals surface area contributed by atoms with Crippen molar-refractivity contribution in [2.45, 2.75) is 69.7 Å². The standard InChI is InChI=1S/C19H28N2O/c20-12-14-5-9-18(10-6-14)22-19-11-17-8-7-15(19)13-21(17)16-3-1-2-4-16/h5-6,9-10,15-17,19H,1-4,7-8,11-13,20H2. The Kier molecular flexibility index (Phi) is 4.10. The highest BCUT2D eigenvalue weighted by molar-refractivity contribution is 5.27. The molecule has 0 radical (unpaired) electrons. The van der Waals surface area contributed by atoms with Gasteiger partial charge in [-0.3, -0.25) is 4.90 Å². The first kappa shape index (κ1) is 14.5. The summed E-state index contributed by atoms with van der Waals surface area (Å²) in [6.07, 6.45) is 10.1. The Bertz CT molecular complexity index is 495. The highest BCUT2D eigenvalue weighted by Gasteiger charge is 2.44. The average molecular weight is 300 g/mol. The Balaban J connectivity index is 1.40. The predicted molar refractivity (Wildman–Crippen MR) is 88.8 cm³/mol. The van der Waals surface area contributed by atoms with Crippen molar-refractivity contribution in [1.29, 1.82) is 0 Å². The summed E-state index contributed by atoms with van der Waals surface area (Å²) >= 11 is 0. The number of nitrogens with two attached hydrogens (primary N) is 1. The Morgan fingerprint density at radius 1 is 1.00 bits per heavy atom. The zero-order valence-corrected chi connectivity index (χ0v) is 13.4. The van der Waals surface area contributed by atoms with Gasteiger partial charge in [0.25, 0.3) is 0 Å². The molecule has 3 atom stereocenters. The summed E-state index contributed by atoms with van der Waals surface area (Å²) in [5.74, 6) is 1.74. The van der Waals surface area contributed by atoms with Gasteiger partial charge in [-0.1, -0.05) is 25.0 Å². The first-order chi connectivity index (χ1) is 10.8. The molecule has 22 heavy (non-hydrogen) atoms. The molecule has 3 unspecified atom stereocenters. The maximum Gasteiger partial charge on any atom is 0.119 e. The van der Waals surface area contributed by atoms with Crippen LogP contribution in [0, 0.1) is 5.92 Å². The van der Waals surface area contributed by atoms with Crippen LogP contribution in [0.4, 0.5) is 0 Å². The molecule has 4 fully saturated rings. The van der Waals surface area contributed by atoms with Gasteiger partial charge in [-0.25, -0.2) is 0 Å². The lowest BCUT2D eigenvalue weighted by molar-refractivity contribution is -0.0549. The molecule has 2 aliphatic heterocycles. The van der Waals surface area contributed by atoms with Gasteiger partial charge in [-0.15, -0.1) is 0 Å². The fourth-order valence-electron chi connectivity index (χ4n) is 4.81. The predicted octanol–water partition coefficient (Wildman–Crippen LogP) is 3.32. The van der Waals surface area contributed by atoms with Crippen LogP contribution < -0.4 is 10.5 Å². The number of rotatable bonds is 4. The molecule has 2 saturated heterocycles. The van der Waals surface area contributed by atoms with E-state index < -0.39 is 0 Å². The van der Waals surface area contributed by atoms with Crippen LogP contribution in [0.25, 0.3) is 0 Å². The maximum absolute atomic E-state index is 6.33. The zero-order chi connectivity index (χ0) is 14.9. The third-order valence-electron chi connectivity index (χ3n) is 6.06. The van der Waals surface area contributed by atoms with Crippen molar-refractivity contribution < 1.29 is 4.74 Å². The van der Waals surface area contributed by atoms with Crippen LogP contribution >= 0.6 is 0 Å². The molecule has 120 valence electrons. The third-order valence-corrected chi connectivity index (χ3v) is 6.06. The lowest BCUT2D eigenvalue weighted by Gasteiger charge is -2.51. The first-order valence-electron chi connectivity index (χ1n) is 9.05. The number of hydrogen-bond acceptors (Lipinski definition) is 3. The maximum atomic E-state index is 6.33. The summed E-state index contributed by atoms with van der Waals surface area (Å²) in [6.45, 7) is 1.87. The molecule has 2 heterocycles. The first-order valence-corrected chi connectivity index (χ1v) is 9.05. The molecule has 4 aliphatic rings. The van der Waals surface area contributed by atoms with E-state index in [4.69, 9.17) is 10.5 Å². The smallest absolute Gasteiger partial charge is 0.119 e. The molecule has 0 spiro atoms. The molecule has 3 nitrogen and oxygen atoms in total. The van der Waals surface area contributed by atoms with Gasteiger partial charge in [-0.2, -0.15) is 0 Å². The molecule has 0 amide bonds. The molecule has 2 saturated carbocycles.